The van der Waals surface area contributed by atoms with Gasteiger partial charge in [-0.05, 0) is 31.6 Å². The smallest absolute Gasteiger partial charge is 0.0926 e. The van der Waals surface area contributed by atoms with Crippen LogP contribution in [0.5, 0.6) is 0 Å². The lowest BCUT2D eigenvalue weighted by molar-refractivity contribution is 0.0808. The van der Waals surface area contributed by atoms with Gasteiger partial charge in [-0.1, -0.05) is 6.92 Å². The number of nitrogens with one attached hydrogen (secondary N) is 1. The summed E-state index contributed by atoms with van der Waals surface area (Å²) < 4.78 is 5.82. The third-order valence-corrected chi connectivity index (χ3v) is 4.71. The predicted octanol–water partition coefficient (Wildman–Crippen LogP) is 2.36. The minimum Gasteiger partial charge on any atom is -0.376 e. The number of hydrogen-bond donors (Lipinski definition) is 1. The Balaban J connectivity index is 1.52. The fourth-order valence-electron chi connectivity index (χ4n) is 2.55. The molecule has 0 amide bonds. The summed E-state index contributed by atoms with van der Waals surface area (Å²) in [6.45, 7) is 3.98. The summed E-state index contributed by atoms with van der Waals surface area (Å²) in [6.07, 6.45) is 5.40. The molecule has 1 saturated heterocycles. The van der Waals surface area contributed by atoms with Crippen LogP contribution in [0.2, 0.25) is 0 Å². The van der Waals surface area contributed by atoms with Gasteiger partial charge >= 0.3 is 0 Å². The second-order valence-electron chi connectivity index (χ2n) is 5.04. The summed E-state index contributed by atoms with van der Waals surface area (Å²) in [4.78, 5) is 4.59. The third kappa shape index (κ3) is 2.69. The molecule has 2 aliphatic rings. The molecule has 17 heavy (non-hydrogen) atoms. The minimum atomic E-state index is 0.472. The maximum atomic E-state index is 5.82. The van der Waals surface area contributed by atoms with Crippen LogP contribution in [-0.2, 0) is 17.7 Å². The van der Waals surface area contributed by atoms with Crippen LogP contribution in [0.3, 0.4) is 0 Å². The van der Waals surface area contributed by atoms with E-state index in [9.17, 15) is 0 Å². The van der Waals surface area contributed by atoms with Crippen molar-refractivity contribution in [3.8, 4) is 0 Å². The van der Waals surface area contributed by atoms with Crippen molar-refractivity contribution in [1.82, 2.24) is 10.3 Å². The molecule has 2 fully saturated rings. The SMILES string of the molecule is CCc1nc(CNC2CCOC2C2CC2)cs1. The highest BCUT2D eigenvalue weighted by atomic mass is 32.1. The molecule has 1 aliphatic heterocycles. The molecule has 1 aromatic rings. The first-order valence-electron chi connectivity index (χ1n) is 6.65. The second-order valence-corrected chi connectivity index (χ2v) is 5.98. The fraction of sp³-hybridized carbons (Fsp3) is 0.769. The molecule has 1 aliphatic carbocycles. The Hall–Kier alpha value is -0.450. The Morgan fingerprint density at radius 1 is 1.47 bits per heavy atom. The Labute approximate surface area is 107 Å². The lowest BCUT2D eigenvalue weighted by Gasteiger charge is -2.18. The number of hydrogen-bond acceptors (Lipinski definition) is 4. The molecular formula is C13H20N2OS. The molecule has 3 rings (SSSR count). The normalized spacial score (nSPS) is 28.8. The van der Waals surface area contributed by atoms with E-state index >= 15 is 0 Å². The van der Waals surface area contributed by atoms with Crippen molar-refractivity contribution in [3.05, 3.63) is 16.1 Å². The van der Waals surface area contributed by atoms with Gasteiger partial charge in [0.25, 0.3) is 0 Å². The van der Waals surface area contributed by atoms with Gasteiger partial charge in [-0.25, -0.2) is 4.98 Å². The van der Waals surface area contributed by atoms with Crippen LogP contribution >= 0.6 is 11.3 Å². The topological polar surface area (TPSA) is 34.2 Å². The van der Waals surface area contributed by atoms with Crippen molar-refractivity contribution >= 4 is 11.3 Å². The van der Waals surface area contributed by atoms with Gasteiger partial charge in [0.2, 0.25) is 0 Å². The van der Waals surface area contributed by atoms with E-state index in [0.717, 1.165) is 31.9 Å². The zero-order valence-electron chi connectivity index (χ0n) is 10.3. The number of aromatic nitrogens is 1. The maximum Gasteiger partial charge on any atom is 0.0926 e. The lowest BCUT2D eigenvalue weighted by Crippen LogP contribution is -2.37. The monoisotopic (exact) mass is 252 g/mol. The molecule has 1 N–H and O–H groups in total. The Bertz CT molecular complexity index is 375. The summed E-state index contributed by atoms with van der Waals surface area (Å²) in [7, 11) is 0. The predicted molar refractivity (Wildman–Crippen MR) is 69.2 cm³/mol. The van der Waals surface area contributed by atoms with Gasteiger partial charge < -0.3 is 10.1 Å². The van der Waals surface area contributed by atoms with E-state index in [0.29, 0.717) is 12.1 Å². The van der Waals surface area contributed by atoms with Crippen LogP contribution in [0.25, 0.3) is 0 Å². The molecule has 3 nitrogen and oxygen atoms in total. The Morgan fingerprint density at radius 3 is 3.06 bits per heavy atom. The van der Waals surface area contributed by atoms with Gasteiger partial charge in [-0.15, -0.1) is 11.3 Å². The van der Waals surface area contributed by atoms with E-state index in [2.05, 4.69) is 22.6 Å². The van der Waals surface area contributed by atoms with Crippen LogP contribution < -0.4 is 5.32 Å². The summed E-state index contributed by atoms with van der Waals surface area (Å²) >= 11 is 1.77. The van der Waals surface area contributed by atoms with Crippen molar-refractivity contribution in [2.24, 2.45) is 5.92 Å². The molecular weight excluding hydrogens is 232 g/mol. The van der Waals surface area contributed by atoms with Gasteiger partial charge in [0.05, 0.1) is 16.8 Å². The number of aryl methyl sites for hydroxylation is 1. The number of rotatable bonds is 5. The van der Waals surface area contributed by atoms with Crippen molar-refractivity contribution in [3.63, 3.8) is 0 Å². The molecule has 2 unspecified atom stereocenters. The van der Waals surface area contributed by atoms with Crippen LogP contribution in [0.15, 0.2) is 5.38 Å². The molecule has 0 spiro atoms. The quantitative estimate of drug-likeness (QED) is 0.873. The summed E-state index contributed by atoms with van der Waals surface area (Å²) in [5.41, 5.74) is 1.19. The standard InChI is InChI=1S/C13H20N2OS/c1-2-12-15-10(8-17-12)7-14-11-5-6-16-13(11)9-3-4-9/h8-9,11,13-14H,2-7H2,1H3. The average Bonchev–Trinajstić information content (AvgIpc) is 2.93. The zero-order valence-corrected chi connectivity index (χ0v) is 11.1. The Morgan fingerprint density at radius 2 is 2.35 bits per heavy atom. The van der Waals surface area contributed by atoms with Gasteiger partial charge in [-0.3, -0.25) is 0 Å². The average molecular weight is 252 g/mol. The van der Waals surface area contributed by atoms with Crippen molar-refractivity contribution in [1.29, 1.82) is 0 Å². The van der Waals surface area contributed by atoms with Crippen molar-refractivity contribution in [2.45, 2.75) is 51.3 Å². The van der Waals surface area contributed by atoms with E-state index < -0.39 is 0 Å². The molecule has 0 bridgehead atoms. The van der Waals surface area contributed by atoms with Crippen LogP contribution in [0.4, 0.5) is 0 Å². The molecule has 94 valence electrons. The molecule has 4 heteroatoms. The highest BCUT2D eigenvalue weighted by Crippen LogP contribution is 2.38. The molecule has 2 atom stereocenters. The van der Waals surface area contributed by atoms with E-state index in [-0.39, 0.29) is 0 Å². The number of ether oxygens (including phenoxy) is 1. The summed E-state index contributed by atoms with van der Waals surface area (Å²) in [5.74, 6) is 0.830. The first-order valence-corrected chi connectivity index (χ1v) is 7.53. The highest BCUT2D eigenvalue weighted by molar-refractivity contribution is 7.09. The lowest BCUT2D eigenvalue weighted by atomic mass is 10.1. The van der Waals surface area contributed by atoms with Crippen molar-refractivity contribution in [2.75, 3.05) is 6.61 Å². The summed E-state index contributed by atoms with van der Waals surface area (Å²) in [6, 6.07) is 0.550. The minimum absolute atomic E-state index is 0.472. The number of nitrogens with zero attached hydrogens (tertiary/aromatic N) is 1. The van der Waals surface area contributed by atoms with Gasteiger partial charge in [0.1, 0.15) is 0 Å². The van der Waals surface area contributed by atoms with Gasteiger partial charge in [0.15, 0.2) is 0 Å². The van der Waals surface area contributed by atoms with E-state index in [1.165, 1.54) is 23.5 Å². The summed E-state index contributed by atoms with van der Waals surface area (Å²) in [5, 5.41) is 7.04. The first kappa shape index (κ1) is 11.6. The molecule has 0 radical (unpaired) electrons. The first-order chi connectivity index (χ1) is 8.36. The van der Waals surface area contributed by atoms with Gasteiger partial charge in [-0.2, -0.15) is 0 Å². The second kappa shape index (κ2) is 5.04. The fourth-order valence-corrected chi connectivity index (χ4v) is 3.29. The maximum absolute atomic E-state index is 5.82. The van der Waals surface area contributed by atoms with Crippen LogP contribution in [0.1, 0.15) is 36.9 Å². The molecule has 0 aromatic carbocycles. The van der Waals surface area contributed by atoms with E-state index in [1.807, 2.05) is 0 Å². The molecule has 2 heterocycles. The van der Waals surface area contributed by atoms with Crippen molar-refractivity contribution < 1.29 is 4.74 Å². The van der Waals surface area contributed by atoms with Crippen LogP contribution in [-0.4, -0.2) is 23.7 Å². The zero-order chi connectivity index (χ0) is 11.7. The largest absolute Gasteiger partial charge is 0.376 e. The number of thiazole rings is 1. The van der Waals surface area contributed by atoms with Crippen LogP contribution in [0, 0.1) is 5.92 Å². The Kier molecular flexibility index (Phi) is 3.45. The van der Waals surface area contributed by atoms with E-state index in [4.69, 9.17) is 4.74 Å². The highest BCUT2D eigenvalue weighted by Gasteiger charge is 2.40. The molecule has 1 saturated carbocycles. The van der Waals surface area contributed by atoms with E-state index in [1.54, 1.807) is 11.3 Å². The molecule has 1 aromatic heterocycles. The third-order valence-electron chi connectivity index (χ3n) is 3.67. The van der Waals surface area contributed by atoms with Gasteiger partial charge in [0, 0.05) is 24.6 Å².